The Bertz CT molecular complexity index is 1110. The quantitative estimate of drug-likeness (QED) is 0.573. The van der Waals surface area contributed by atoms with Gasteiger partial charge in [-0.15, -0.1) is 0 Å². The molecule has 1 atom stereocenters. The van der Waals surface area contributed by atoms with E-state index in [4.69, 9.17) is 9.97 Å². The predicted octanol–water partition coefficient (Wildman–Crippen LogP) is 2.95. The Hall–Kier alpha value is -2.88. The van der Waals surface area contributed by atoms with Crippen molar-refractivity contribution in [3.8, 4) is 0 Å². The molecule has 9 nitrogen and oxygen atoms in total. The SMILES string of the molecule is C[C@@H](O)c1cc2cnc(Nc3ccc(CN4CCN(C)CC4)cn3)nc2c(N2CCCCC2)n1. The van der Waals surface area contributed by atoms with Crippen LogP contribution < -0.4 is 10.2 Å². The van der Waals surface area contributed by atoms with Crippen LogP contribution in [0.5, 0.6) is 0 Å². The molecule has 5 rings (SSSR count). The number of aromatic nitrogens is 4. The van der Waals surface area contributed by atoms with E-state index in [-0.39, 0.29) is 0 Å². The number of piperidine rings is 1. The maximum Gasteiger partial charge on any atom is 0.229 e. The number of likely N-dealkylation sites (N-methyl/N-ethyl adjacent to an activating group) is 1. The molecular weight excluding hydrogens is 428 g/mol. The lowest BCUT2D eigenvalue weighted by atomic mass is 10.1. The summed E-state index contributed by atoms with van der Waals surface area (Å²) >= 11 is 0. The first kappa shape index (κ1) is 22.9. The third-order valence-corrected chi connectivity index (χ3v) is 6.72. The van der Waals surface area contributed by atoms with E-state index < -0.39 is 6.10 Å². The molecule has 0 amide bonds. The zero-order valence-electron chi connectivity index (χ0n) is 20.1. The molecule has 2 aliphatic heterocycles. The average Bonchev–Trinajstić information content (AvgIpc) is 2.86. The van der Waals surface area contributed by atoms with Crippen LogP contribution >= 0.6 is 0 Å². The van der Waals surface area contributed by atoms with Crippen molar-refractivity contribution in [1.82, 2.24) is 29.7 Å². The summed E-state index contributed by atoms with van der Waals surface area (Å²) in [5, 5.41) is 14.3. The van der Waals surface area contributed by atoms with Crippen LogP contribution in [0.15, 0.2) is 30.6 Å². The summed E-state index contributed by atoms with van der Waals surface area (Å²) in [5.41, 5.74) is 2.65. The van der Waals surface area contributed by atoms with Crippen molar-refractivity contribution in [2.75, 3.05) is 56.5 Å². The van der Waals surface area contributed by atoms with E-state index in [2.05, 4.69) is 43.1 Å². The number of hydrogen-bond donors (Lipinski definition) is 2. The number of piperazine rings is 1. The zero-order chi connectivity index (χ0) is 23.5. The van der Waals surface area contributed by atoms with Gasteiger partial charge < -0.3 is 20.2 Å². The van der Waals surface area contributed by atoms with Crippen LogP contribution in [0.4, 0.5) is 17.6 Å². The Morgan fingerprint density at radius 1 is 0.971 bits per heavy atom. The third-order valence-electron chi connectivity index (χ3n) is 6.72. The lowest BCUT2D eigenvalue weighted by molar-refractivity contribution is 0.148. The van der Waals surface area contributed by atoms with Gasteiger partial charge in [-0.2, -0.15) is 0 Å². The molecule has 0 unspecified atom stereocenters. The molecule has 0 radical (unpaired) electrons. The second-order valence-electron chi connectivity index (χ2n) is 9.48. The number of hydrogen-bond acceptors (Lipinski definition) is 9. The molecule has 34 heavy (non-hydrogen) atoms. The van der Waals surface area contributed by atoms with E-state index in [1.807, 2.05) is 18.3 Å². The van der Waals surface area contributed by atoms with E-state index in [0.29, 0.717) is 11.6 Å². The number of aliphatic hydroxyl groups excluding tert-OH is 1. The minimum absolute atomic E-state index is 0.497. The summed E-state index contributed by atoms with van der Waals surface area (Å²) in [6, 6.07) is 5.98. The summed E-state index contributed by atoms with van der Waals surface area (Å²) in [6.07, 6.45) is 6.61. The van der Waals surface area contributed by atoms with Gasteiger partial charge in [-0.25, -0.2) is 19.9 Å². The fourth-order valence-corrected chi connectivity index (χ4v) is 4.61. The van der Waals surface area contributed by atoms with Crippen molar-refractivity contribution < 1.29 is 5.11 Å². The Morgan fingerprint density at radius 3 is 2.47 bits per heavy atom. The molecule has 2 N–H and O–H groups in total. The zero-order valence-corrected chi connectivity index (χ0v) is 20.1. The highest BCUT2D eigenvalue weighted by atomic mass is 16.3. The van der Waals surface area contributed by atoms with Gasteiger partial charge in [0, 0.05) is 63.6 Å². The average molecular weight is 463 g/mol. The largest absolute Gasteiger partial charge is 0.387 e. The van der Waals surface area contributed by atoms with Crippen LogP contribution in [-0.2, 0) is 6.54 Å². The minimum atomic E-state index is -0.640. The first-order valence-corrected chi connectivity index (χ1v) is 12.3. The van der Waals surface area contributed by atoms with Crippen molar-refractivity contribution in [3.05, 3.63) is 41.9 Å². The van der Waals surface area contributed by atoms with Gasteiger partial charge in [-0.05, 0) is 50.9 Å². The standard InChI is InChI=1S/C25H34N8O/c1-18(34)21-14-20-16-27-25(30-23(20)24(28-21)33-8-4-3-5-9-33)29-22-7-6-19(15-26-22)17-32-12-10-31(2)11-13-32/h6-7,14-16,18,34H,3-5,8-13,17H2,1-2H3,(H,26,27,29,30)/t18-/m1/s1. The number of anilines is 3. The molecular formula is C25H34N8O. The van der Waals surface area contributed by atoms with Gasteiger partial charge >= 0.3 is 0 Å². The van der Waals surface area contributed by atoms with Gasteiger partial charge in [-0.3, -0.25) is 4.90 Å². The number of nitrogens with zero attached hydrogens (tertiary/aromatic N) is 7. The van der Waals surface area contributed by atoms with E-state index in [9.17, 15) is 5.11 Å². The molecule has 3 aromatic rings. The highest BCUT2D eigenvalue weighted by Crippen LogP contribution is 2.29. The second kappa shape index (κ2) is 10.2. The van der Waals surface area contributed by atoms with Crippen molar-refractivity contribution in [3.63, 3.8) is 0 Å². The van der Waals surface area contributed by atoms with Gasteiger partial charge in [0.25, 0.3) is 0 Å². The van der Waals surface area contributed by atoms with Crippen LogP contribution in [0.2, 0.25) is 0 Å². The van der Waals surface area contributed by atoms with Crippen LogP contribution in [0.25, 0.3) is 10.9 Å². The molecule has 2 fully saturated rings. The Labute approximate surface area is 200 Å². The molecule has 180 valence electrons. The molecule has 2 saturated heterocycles. The number of aliphatic hydroxyl groups is 1. The van der Waals surface area contributed by atoms with Crippen molar-refractivity contribution >= 4 is 28.5 Å². The smallest absolute Gasteiger partial charge is 0.229 e. The van der Waals surface area contributed by atoms with E-state index >= 15 is 0 Å². The molecule has 0 saturated carbocycles. The predicted molar refractivity (Wildman–Crippen MR) is 134 cm³/mol. The second-order valence-corrected chi connectivity index (χ2v) is 9.48. The lowest BCUT2D eigenvalue weighted by Gasteiger charge is -2.32. The van der Waals surface area contributed by atoms with Gasteiger partial charge in [0.2, 0.25) is 5.95 Å². The van der Waals surface area contributed by atoms with Gasteiger partial charge in [-0.1, -0.05) is 6.07 Å². The third kappa shape index (κ3) is 5.27. The van der Waals surface area contributed by atoms with Crippen molar-refractivity contribution in [2.45, 2.75) is 38.8 Å². The van der Waals surface area contributed by atoms with Crippen LogP contribution in [-0.4, -0.2) is 81.2 Å². The van der Waals surface area contributed by atoms with Crippen molar-refractivity contribution in [2.24, 2.45) is 0 Å². The summed E-state index contributed by atoms with van der Waals surface area (Å²) in [5.74, 6) is 2.04. The summed E-state index contributed by atoms with van der Waals surface area (Å²) in [7, 11) is 2.17. The van der Waals surface area contributed by atoms with Crippen LogP contribution in [0, 0.1) is 0 Å². The highest BCUT2D eigenvalue weighted by molar-refractivity contribution is 5.89. The van der Waals surface area contributed by atoms with E-state index in [0.717, 1.165) is 81.2 Å². The molecule has 0 spiro atoms. The molecule has 2 aliphatic rings. The maximum atomic E-state index is 10.1. The number of pyridine rings is 2. The molecule has 0 aromatic carbocycles. The molecule has 0 aliphatic carbocycles. The monoisotopic (exact) mass is 462 g/mol. The molecule has 9 heteroatoms. The van der Waals surface area contributed by atoms with Gasteiger partial charge in [0.05, 0.1) is 11.8 Å². The Morgan fingerprint density at radius 2 is 1.76 bits per heavy atom. The molecule has 3 aromatic heterocycles. The molecule has 0 bridgehead atoms. The van der Waals surface area contributed by atoms with Crippen LogP contribution in [0.1, 0.15) is 43.5 Å². The highest BCUT2D eigenvalue weighted by Gasteiger charge is 2.19. The fraction of sp³-hybridized carbons (Fsp3) is 0.520. The van der Waals surface area contributed by atoms with Crippen LogP contribution in [0.3, 0.4) is 0 Å². The van der Waals surface area contributed by atoms with Gasteiger partial charge in [0.1, 0.15) is 11.3 Å². The number of fused-ring (bicyclic) bond motifs is 1. The van der Waals surface area contributed by atoms with E-state index in [1.165, 1.54) is 12.0 Å². The maximum absolute atomic E-state index is 10.1. The molecule has 5 heterocycles. The number of nitrogens with one attached hydrogen (secondary N) is 1. The normalized spacial score (nSPS) is 18.9. The first-order chi connectivity index (χ1) is 16.5. The van der Waals surface area contributed by atoms with E-state index in [1.54, 1.807) is 13.1 Å². The fourth-order valence-electron chi connectivity index (χ4n) is 4.61. The topological polar surface area (TPSA) is 93.5 Å². The van der Waals surface area contributed by atoms with Crippen molar-refractivity contribution in [1.29, 1.82) is 0 Å². The Kier molecular flexibility index (Phi) is 6.85. The summed E-state index contributed by atoms with van der Waals surface area (Å²) in [6.45, 7) is 8.97. The first-order valence-electron chi connectivity index (χ1n) is 12.3. The Balaban J connectivity index is 1.35. The summed E-state index contributed by atoms with van der Waals surface area (Å²) < 4.78 is 0. The minimum Gasteiger partial charge on any atom is -0.387 e. The summed E-state index contributed by atoms with van der Waals surface area (Å²) in [4.78, 5) is 25.8. The van der Waals surface area contributed by atoms with Gasteiger partial charge in [0.15, 0.2) is 5.82 Å². The lowest BCUT2D eigenvalue weighted by Crippen LogP contribution is -2.43. The number of rotatable bonds is 6.